The van der Waals surface area contributed by atoms with Crippen LogP contribution in [-0.2, 0) is 0 Å². The molecular formula is C17H21ClIN3O. The molecule has 124 valence electrons. The van der Waals surface area contributed by atoms with Crippen LogP contribution < -0.4 is 11.1 Å². The molecule has 4 N–H and O–H groups in total. The Morgan fingerprint density at radius 2 is 1.83 bits per heavy atom. The van der Waals surface area contributed by atoms with Crippen LogP contribution in [0, 0.1) is 13.8 Å². The summed E-state index contributed by atoms with van der Waals surface area (Å²) in [5, 5.41) is 13.7. The van der Waals surface area contributed by atoms with E-state index in [9.17, 15) is 5.11 Å². The third-order valence-electron chi connectivity index (χ3n) is 3.47. The monoisotopic (exact) mass is 445 g/mol. The first-order chi connectivity index (χ1) is 10.5. The Labute approximate surface area is 158 Å². The van der Waals surface area contributed by atoms with E-state index in [2.05, 4.69) is 17.2 Å². The zero-order valence-corrected chi connectivity index (χ0v) is 16.2. The van der Waals surface area contributed by atoms with Gasteiger partial charge in [0, 0.05) is 10.7 Å². The first-order valence-corrected chi connectivity index (χ1v) is 7.41. The van der Waals surface area contributed by atoms with Crippen LogP contribution >= 0.6 is 35.6 Å². The topological polar surface area (TPSA) is 70.6 Å². The fourth-order valence-corrected chi connectivity index (χ4v) is 2.11. The van der Waals surface area contributed by atoms with E-state index in [0.717, 1.165) is 11.3 Å². The molecule has 2 aromatic rings. The summed E-state index contributed by atoms with van der Waals surface area (Å²) in [5.74, 6) is 0.274. The average Bonchev–Trinajstić information content (AvgIpc) is 2.49. The van der Waals surface area contributed by atoms with Crippen molar-refractivity contribution in [2.45, 2.75) is 20.0 Å². The molecule has 0 fully saturated rings. The maximum atomic E-state index is 10.1. The summed E-state index contributed by atoms with van der Waals surface area (Å²) in [5.41, 5.74) is 9.89. The molecule has 0 heterocycles. The molecule has 0 radical (unpaired) electrons. The number of aliphatic imine (C=N–C) groups is 1. The summed E-state index contributed by atoms with van der Waals surface area (Å²) in [6.07, 6.45) is -0.711. The Bertz CT molecular complexity index is 674. The van der Waals surface area contributed by atoms with Crippen molar-refractivity contribution in [3.05, 3.63) is 64.2 Å². The van der Waals surface area contributed by atoms with Gasteiger partial charge in [0.1, 0.15) is 0 Å². The SMILES string of the molecule is Cc1ccc(NC(N)=NCC(O)c2ccc(Cl)cc2)cc1C.I. The molecule has 0 aliphatic heterocycles. The summed E-state index contributed by atoms with van der Waals surface area (Å²) >= 11 is 5.82. The summed E-state index contributed by atoms with van der Waals surface area (Å²) in [6.45, 7) is 4.28. The number of nitrogens with two attached hydrogens (primary N) is 1. The van der Waals surface area contributed by atoms with Gasteiger partial charge in [-0.2, -0.15) is 0 Å². The molecule has 0 aliphatic rings. The lowest BCUT2D eigenvalue weighted by molar-refractivity contribution is 0.187. The minimum atomic E-state index is -0.711. The van der Waals surface area contributed by atoms with Gasteiger partial charge in [-0.05, 0) is 54.8 Å². The van der Waals surface area contributed by atoms with Crippen LogP contribution in [0.15, 0.2) is 47.5 Å². The van der Waals surface area contributed by atoms with E-state index in [4.69, 9.17) is 17.3 Å². The number of hydrogen-bond donors (Lipinski definition) is 3. The smallest absolute Gasteiger partial charge is 0.193 e. The lowest BCUT2D eigenvalue weighted by atomic mass is 10.1. The van der Waals surface area contributed by atoms with Crippen LogP contribution in [0.4, 0.5) is 5.69 Å². The molecule has 6 heteroatoms. The normalized spacial score (nSPS) is 12.4. The molecule has 1 atom stereocenters. The van der Waals surface area contributed by atoms with Crippen LogP contribution in [0.5, 0.6) is 0 Å². The second-order valence-electron chi connectivity index (χ2n) is 5.22. The summed E-state index contributed by atoms with van der Waals surface area (Å²) in [4.78, 5) is 4.17. The molecule has 0 saturated carbocycles. The van der Waals surface area contributed by atoms with E-state index in [0.29, 0.717) is 5.02 Å². The molecule has 0 amide bonds. The molecule has 2 rings (SSSR count). The highest BCUT2D eigenvalue weighted by Gasteiger charge is 2.07. The van der Waals surface area contributed by atoms with E-state index >= 15 is 0 Å². The van der Waals surface area contributed by atoms with Gasteiger partial charge in [-0.1, -0.05) is 29.8 Å². The predicted molar refractivity (Wildman–Crippen MR) is 108 cm³/mol. The van der Waals surface area contributed by atoms with E-state index in [1.165, 1.54) is 11.1 Å². The van der Waals surface area contributed by atoms with Gasteiger partial charge >= 0.3 is 0 Å². The maximum Gasteiger partial charge on any atom is 0.193 e. The van der Waals surface area contributed by atoms with Crippen molar-refractivity contribution in [3.8, 4) is 0 Å². The molecule has 4 nitrogen and oxygen atoms in total. The molecule has 0 bridgehead atoms. The predicted octanol–water partition coefficient (Wildman–Crippen LogP) is 4.04. The zero-order chi connectivity index (χ0) is 16.1. The number of aliphatic hydroxyl groups excluding tert-OH is 1. The highest BCUT2D eigenvalue weighted by molar-refractivity contribution is 14.0. The molecule has 1 unspecified atom stereocenters. The fourth-order valence-electron chi connectivity index (χ4n) is 1.98. The maximum absolute atomic E-state index is 10.1. The molecule has 2 aromatic carbocycles. The Morgan fingerprint density at radius 3 is 2.43 bits per heavy atom. The second-order valence-corrected chi connectivity index (χ2v) is 5.65. The molecule has 0 aliphatic carbocycles. The lowest BCUT2D eigenvalue weighted by Gasteiger charge is -2.11. The van der Waals surface area contributed by atoms with Gasteiger partial charge in [-0.25, -0.2) is 0 Å². The Hall–Kier alpha value is -1.31. The minimum Gasteiger partial charge on any atom is -0.386 e. The molecule has 23 heavy (non-hydrogen) atoms. The van der Waals surface area contributed by atoms with E-state index in [1.807, 2.05) is 25.1 Å². The van der Waals surface area contributed by atoms with E-state index < -0.39 is 6.10 Å². The van der Waals surface area contributed by atoms with E-state index in [-0.39, 0.29) is 36.5 Å². The summed E-state index contributed by atoms with van der Waals surface area (Å²) < 4.78 is 0. The van der Waals surface area contributed by atoms with Crippen molar-refractivity contribution < 1.29 is 5.11 Å². The van der Waals surface area contributed by atoms with Crippen LogP contribution in [0.25, 0.3) is 0 Å². The molecule has 0 spiro atoms. The van der Waals surface area contributed by atoms with Crippen LogP contribution in [-0.4, -0.2) is 17.6 Å². The van der Waals surface area contributed by atoms with Gasteiger partial charge in [-0.15, -0.1) is 24.0 Å². The van der Waals surface area contributed by atoms with Gasteiger partial charge < -0.3 is 16.2 Å². The third kappa shape index (κ3) is 6.01. The Morgan fingerprint density at radius 1 is 1.17 bits per heavy atom. The quantitative estimate of drug-likeness (QED) is 0.378. The summed E-state index contributed by atoms with van der Waals surface area (Å²) in [6, 6.07) is 13.0. The van der Waals surface area contributed by atoms with E-state index in [1.54, 1.807) is 24.3 Å². The molecular weight excluding hydrogens is 425 g/mol. The van der Waals surface area contributed by atoms with Gasteiger partial charge in [0.15, 0.2) is 5.96 Å². The number of aliphatic hydroxyl groups is 1. The standard InChI is InChI=1S/C17H20ClN3O.HI/c1-11-3-8-15(9-12(11)2)21-17(19)20-10-16(22)13-4-6-14(18)7-5-13;/h3-9,16,22H,10H2,1-2H3,(H3,19,20,21);1H. The van der Waals surface area contributed by atoms with Gasteiger partial charge in [0.25, 0.3) is 0 Å². The van der Waals surface area contributed by atoms with Crippen LogP contribution in [0.2, 0.25) is 5.02 Å². The number of halogens is 2. The second kappa shape index (κ2) is 9.10. The van der Waals surface area contributed by atoms with Gasteiger partial charge in [0.2, 0.25) is 0 Å². The number of anilines is 1. The highest BCUT2D eigenvalue weighted by Crippen LogP contribution is 2.17. The van der Waals surface area contributed by atoms with Crippen LogP contribution in [0.3, 0.4) is 0 Å². The molecule has 0 aromatic heterocycles. The van der Waals surface area contributed by atoms with Crippen molar-refractivity contribution >= 4 is 47.2 Å². The zero-order valence-electron chi connectivity index (χ0n) is 13.1. The Balaban J connectivity index is 0.00000264. The van der Waals surface area contributed by atoms with Crippen molar-refractivity contribution in [1.29, 1.82) is 0 Å². The number of guanidine groups is 1. The number of hydrogen-bond acceptors (Lipinski definition) is 2. The van der Waals surface area contributed by atoms with Crippen molar-refractivity contribution in [2.24, 2.45) is 10.7 Å². The minimum absolute atomic E-state index is 0. The summed E-state index contributed by atoms with van der Waals surface area (Å²) in [7, 11) is 0. The number of nitrogens with one attached hydrogen (secondary N) is 1. The van der Waals surface area contributed by atoms with Crippen molar-refractivity contribution in [3.63, 3.8) is 0 Å². The first kappa shape index (κ1) is 19.7. The van der Waals surface area contributed by atoms with Crippen molar-refractivity contribution in [2.75, 3.05) is 11.9 Å². The average molecular weight is 446 g/mol. The number of benzene rings is 2. The third-order valence-corrected chi connectivity index (χ3v) is 3.72. The molecule has 0 saturated heterocycles. The number of rotatable bonds is 4. The largest absolute Gasteiger partial charge is 0.386 e. The fraction of sp³-hybridized carbons (Fsp3) is 0.235. The van der Waals surface area contributed by atoms with Crippen LogP contribution in [0.1, 0.15) is 22.8 Å². The number of nitrogens with zero attached hydrogens (tertiary/aromatic N) is 1. The first-order valence-electron chi connectivity index (χ1n) is 7.03. The van der Waals surface area contributed by atoms with Gasteiger partial charge in [-0.3, -0.25) is 4.99 Å². The lowest BCUT2D eigenvalue weighted by Crippen LogP contribution is -2.23. The highest BCUT2D eigenvalue weighted by atomic mass is 127. The van der Waals surface area contributed by atoms with Crippen molar-refractivity contribution in [1.82, 2.24) is 0 Å². The van der Waals surface area contributed by atoms with Gasteiger partial charge in [0.05, 0.1) is 12.6 Å². The Kier molecular flexibility index (Phi) is 7.81. The number of aryl methyl sites for hydroxylation is 2.